The summed E-state index contributed by atoms with van der Waals surface area (Å²) in [7, 11) is 0. The highest BCUT2D eigenvalue weighted by Crippen LogP contribution is 2.35. The Morgan fingerprint density at radius 2 is 1.87 bits per heavy atom. The quantitative estimate of drug-likeness (QED) is 0.338. The smallest absolute Gasteiger partial charge is 0.258 e. The molecular weight excluding hydrogens is 326 g/mol. The fourth-order valence-electron chi connectivity index (χ4n) is 2.65. The van der Waals surface area contributed by atoms with Crippen molar-refractivity contribution in [2.75, 3.05) is 0 Å². The van der Waals surface area contributed by atoms with Gasteiger partial charge in [-0.15, -0.1) is 0 Å². The first kappa shape index (κ1) is 16.0. The molecule has 0 aliphatic rings. The summed E-state index contributed by atoms with van der Waals surface area (Å²) in [5.41, 5.74) is 2.25. The molecule has 0 fully saturated rings. The first-order chi connectivity index (χ1) is 11.1. The van der Waals surface area contributed by atoms with Crippen LogP contribution in [-0.2, 0) is 0 Å². The lowest BCUT2D eigenvalue weighted by atomic mass is 10.0. The summed E-state index contributed by atoms with van der Waals surface area (Å²) >= 11 is 5.87. The van der Waals surface area contributed by atoms with Crippen LogP contribution in [0.25, 0.3) is 21.2 Å². The maximum Gasteiger partial charge on any atom is 0.324 e. The normalized spacial score (nSPS) is 12.4. The maximum atomic E-state index is 10.8. The number of rotatable bonds is 5. The maximum absolute atomic E-state index is 10.8. The first-order valence-electron chi connectivity index (χ1n) is 7.55. The molecule has 3 rings (SSSR count). The fraction of sp³-hybridized carbons (Fsp3) is 0.222. The van der Waals surface area contributed by atoms with E-state index in [4.69, 9.17) is 0 Å². The van der Waals surface area contributed by atoms with Crippen molar-refractivity contribution >= 4 is 39.7 Å². The Labute approximate surface area is 144 Å². The molecule has 3 nitrogen and oxygen atoms in total. The third kappa shape index (κ3) is 3.41. The molecule has 118 valence electrons. The highest BCUT2D eigenvalue weighted by molar-refractivity contribution is 7.80. The van der Waals surface area contributed by atoms with Crippen LogP contribution in [0, 0.1) is 10.1 Å². The predicted molar refractivity (Wildman–Crippen MR) is 101 cm³/mol. The molecule has 1 aromatic heterocycles. The molecule has 1 unspecified atom stereocenters. The minimum atomic E-state index is -0.345. The van der Waals surface area contributed by atoms with E-state index in [0.717, 1.165) is 28.7 Å². The van der Waals surface area contributed by atoms with Crippen LogP contribution in [0.4, 0.5) is 5.00 Å². The molecule has 0 radical (unpaired) electrons. The van der Waals surface area contributed by atoms with Crippen LogP contribution in [0.3, 0.4) is 0 Å². The number of fused-ring (bicyclic) bond motifs is 1. The summed E-state index contributed by atoms with van der Waals surface area (Å²) in [6.45, 7) is 2.16. The molecule has 0 aliphatic heterocycles. The second kappa shape index (κ2) is 6.72. The third-order valence-electron chi connectivity index (χ3n) is 3.87. The monoisotopic (exact) mass is 343 g/mol. The second-order valence-electron chi connectivity index (χ2n) is 5.52. The van der Waals surface area contributed by atoms with Gasteiger partial charge in [0, 0.05) is 16.2 Å². The van der Waals surface area contributed by atoms with Crippen molar-refractivity contribution in [1.82, 2.24) is 0 Å². The average Bonchev–Trinajstić information content (AvgIpc) is 3.04. The van der Waals surface area contributed by atoms with E-state index in [9.17, 15) is 10.1 Å². The third-order valence-corrected chi connectivity index (χ3v) is 5.51. The highest BCUT2D eigenvalue weighted by atomic mass is 32.1. The number of thiophene rings is 1. The van der Waals surface area contributed by atoms with Gasteiger partial charge in [0.2, 0.25) is 0 Å². The molecule has 0 saturated heterocycles. The van der Waals surface area contributed by atoms with Crippen LogP contribution in [0.15, 0.2) is 48.5 Å². The van der Waals surface area contributed by atoms with Crippen LogP contribution < -0.4 is 0 Å². The molecule has 0 spiro atoms. The van der Waals surface area contributed by atoms with Gasteiger partial charge < -0.3 is 0 Å². The number of thiol groups is 1. The fourth-order valence-corrected chi connectivity index (χ4v) is 3.88. The minimum absolute atomic E-state index is 0.174. The largest absolute Gasteiger partial charge is 0.324 e. The van der Waals surface area contributed by atoms with E-state index in [1.165, 1.54) is 22.3 Å². The second-order valence-corrected chi connectivity index (χ2v) is 7.21. The van der Waals surface area contributed by atoms with Crippen molar-refractivity contribution in [3.8, 4) is 10.4 Å². The SMILES string of the molecule is CCCC(S)c1ccc2cc(-c3ccc([N+](=O)[O-])s3)ccc2c1. The summed E-state index contributed by atoms with van der Waals surface area (Å²) < 4.78 is 0. The van der Waals surface area contributed by atoms with Gasteiger partial charge in [0.1, 0.15) is 0 Å². The van der Waals surface area contributed by atoms with Gasteiger partial charge in [-0.3, -0.25) is 10.1 Å². The van der Waals surface area contributed by atoms with Gasteiger partial charge in [-0.1, -0.05) is 55.0 Å². The highest BCUT2D eigenvalue weighted by Gasteiger charge is 2.12. The Balaban J connectivity index is 1.95. The zero-order chi connectivity index (χ0) is 16.4. The summed E-state index contributed by atoms with van der Waals surface area (Å²) in [5.74, 6) is 0. The molecule has 0 bridgehead atoms. The van der Waals surface area contributed by atoms with Crippen molar-refractivity contribution in [2.45, 2.75) is 25.0 Å². The number of nitro groups is 1. The standard InChI is InChI=1S/C18H17NO2S2/c1-2-3-16(22)14-6-4-13-11-15(7-5-12(13)10-14)17-8-9-18(23-17)19(20)21/h4-11,16,22H,2-3H2,1H3. The van der Waals surface area contributed by atoms with Gasteiger partial charge in [-0.05, 0) is 40.5 Å². The summed E-state index contributed by atoms with van der Waals surface area (Å²) in [6.07, 6.45) is 2.17. The zero-order valence-electron chi connectivity index (χ0n) is 12.7. The number of hydrogen-bond acceptors (Lipinski definition) is 4. The lowest BCUT2D eigenvalue weighted by molar-refractivity contribution is -0.380. The molecule has 2 aromatic carbocycles. The van der Waals surface area contributed by atoms with Gasteiger partial charge in [0.15, 0.2) is 0 Å². The number of hydrogen-bond donors (Lipinski definition) is 1. The Morgan fingerprint density at radius 3 is 2.57 bits per heavy atom. The van der Waals surface area contributed by atoms with E-state index < -0.39 is 0 Å². The van der Waals surface area contributed by atoms with Crippen molar-refractivity contribution in [1.29, 1.82) is 0 Å². The van der Waals surface area contributed by atoms with Gasteiger partial charge in [0.05, 0.1) is 4.92 Å². The molecule has 3 aromatic rings. The Kier molecular flexibility index (Phi) is 4.68. The molecule has 0 amide bonds. The minimum Gasteiger partial charge on any atom is -0.258 e. The summed E-state index contributed by atoms with van der Waals surface area (Å²) in [5, 5.41) is 13.6. The van der Waals surface area contributed by atoms with E-state index in [-0.39, 0.29) is 15.2 Å². The average molecular weight is 343 g/mol. The van der Waals surface area contributed by atoms with Crippen LogP contribution in [-0.4, -0.2) is 4.92 Å². The van der Waals surface area contributed by atoms with Crippen molar-refractivity contribution in [3.05, 3.63) is 64.2 Å². The molecule has 0 aliphatic carbocycles. The van der Waals surface area contributed by atoms with Crippen molar-refractivity contribution < 1.29 is 4.92 Å². The first-order valence-corrected chi connectivity index (χ1v) is 8.88. The van der Waals surface area contributed by atoms with E-state index in [2.05, 4.69) is 49.9 Å². The Bertz CT molecular complexity index is 857. The zero-order valence-corrected chi connectivity index (χ0v) is 14.4. The van der Waals surface area contributed by atoms with E-state index in [1.807, 2.05) is 12.1 Å². The van der Waals surface area contributed by atoms with Crippen LogP contribution >= 0.6 is 24.0 Å². The van der Waals surface area contributed by atoms with E-state index in [0.29, 0.717) is 0 Å². The lowest BCUT2D eigenvalue weighted by Crippen LogP contribution is -1.90. The topological polar surface area (TPSA) is 43.1 Å². The van der Waals surface area contributed by atoms with Crippen LogP contribution in [0.5, 0.6) is 0 Å². The molecule has 1 atom stereocenters. The lowest BCUT2D eigenvalue weighted by Gasteiger charge is -2.11. The van der Waals surface area contributed by atoms with Crippen LogP contribution in [0.2, 0.25) is 0 Å². The van der Waals surface area contributed by atoms with Crippen LogP contribution in [0.1, 0.15) is 30.6 Å². The van der Waals surface area contributed by atoms with Gasteiger partial charge in [-0.2, -0.15) is 12.6 Å². The molecule has 5 heteroatoms. The molecule has 0 saturated carbocycles. The van der Waals surface area contributed by atoms with Crippen molar-refractivity contribution in [2.24, 2.45) is 0 Å². The Hall–Kier alpha value is -1.85. The predicted octanol–water partition coefficient (Wildman–Crippen LogP) is 6.25. The van der Waals surface area contributed by atoms with Gasteiger partial charge in [0.25, 0.3) is 0 Å². The van der Waals surface area contributed by atoms with Gasteiger partial charge in [-0.25, -0.2) is 0 Å². The molecular formula is C18H17NO2S2. The summed E-state index contributed by atoms with van der Waals surface area (Å²) in [6, 6.07) is 16.0. The molecule has 1 heterocycles. The molecule has 23 heavy (non-hydrogen) atoms. The Morgan fingerprint density at radius 1 is 1.13 bits per heavy atom. The number of benzene rings is 2. The van der Waals surface area contributed by atoms with Crippen molar-refractivity contribution in [3.63, 3.8) is 0 Å². The van der Waals surface area contributed by atoms with Gasteiger partial charge >= 0.3 is 5.00 Å². The van der Waals surface area contributed by atoms with E-state index >= 15 is 0 Å². The molecule has 0 N–H and O–H groups in total. The van der Waals surface area contributed by atoms with E-state index in [1.54, 1.807) is 6.07 Å². The number of nitrogens with zero attached hydrogens (tertiary/aromatic N) is 1. The summed E-state index contributed by atoms with van der Waals surface area (Å²) in [4.78, 5) is 11.4.